The molecule has 0 atom stereocenters. The number of benzene rings is 1. The highest BCUT2D eigenvalue weighted by atomic mass is 16.3. The molecule has 0 fully saturated rings. The first-order valence-corrected chi connectivity index (χ1v) is 8.24. The summed E-state index contributed by atoms with van der Waals surface area (Å²) in [5.41, 5.74) is 3.27. The van der Waals surface area contributed by atoms with E-state index in [2.05, 4.69) is 29.5 Å². The van der Waals surface area contributed by atoms with Crippen molar-refractivity contribution in [1.29, 1.82) is 0 Å². The minimum Gasteiger partial charge on any atom is -0.467 e. The van der Waals surface area contributed by atoms with Crippen molar-refractivity contribution in [3.05, 3.63) is 78.0 Å². The summed E-state index contributed by atoms with van der Waals surface area (Å²) in [5, 5.41) is 6.09. The van der Waals surface area contributed by atoms with Gasteiger partial charge in [-0.15, -0.1) is 0 Å². The molecule has 0 unspecified atom stereocenters. The van der Waals surface area contributed by atoms with Crippen LogP contribution < -0.4 is 10.6 Å². The predicted molar refractivity (Wildman–Crippen MR) is 98.8 cm³/mol. The largest absolute Gasteiger partial charge is 0.467 e. The SMILES string of the molecule is CC(C)c1ccc(NC(=O)c2cncc(NCc3ccco3)c2)cc1. The molecule has 1 amide bonds. The third-order valence-electron chi connectivity index (χ3n) is 3.88. The van der Waals surface area contributed by atoms with E-state index < -0.39 is 0 Å². The maximum absolute atomic E-state index is 12.4. The average Bonchev–Trinajstić information content (AvgIpc) is 3.14. The quantitative estimate of drug-likeness (QED) is 0.687. The van der Waals surface area contributed by atoms with E-state index in [1.54, 1.807) is 24.7 Å². The normalized spacial score (nSPS) is 10.7. The number of furan rings is 1. The van der Waals surface area contributed by atoms with Crippen LogP contribution in [0.25, 0.3) is 0 Å². The van der Waals surface area contributed by atoms with Crippen LogP contribution in [0.4, 0.5) is 11.4 Å². The second-order valence-corrected chi connectivity index (χ2v) is 6.13. The fourth-order valence-electron chi connectivity index (χ4n) is 2.42. The Bertz CT molecular complexity index is 824. The summed E-state index contributed by atoms with van der Waals surface area (Å²) in [4.78, 5) is 16.6. The van der Waals surface area contributed by atoms with Gasteiger partial charge in [-0.3, -0.25) is 9.78 Å². The molecule has 0 aliphatic rings. The molecule has 128 valence electrons. The Morgan fingerprint density at radius 3 is 2.60 bits per heavy atom. The van der Waals surface area contributed by atoms with Crippen LogP contribution in [0.5, 0.6) is 0 Å². The number of nitrogens with zero attached hydrogens (tertiary/aromatic N) is 1. The van der Waals surface area contributed by atoms with E-state index in [9.17, 15) is 4.79 Å². The second kappa shape index (κ2) is 7.66. The lowest BCUT2D eigenvalue weighted by atomic mass is 10.0. The molecule has 3 rings (SSSR count). The van der Waals surface area contributed by atoms with Gasteiger partial charge in [-0.2, -0.15) is 0 Å². The van der Waals surface area contributed by atoms with Gasteiger partial charge in [0.1, 0.15) is 5.76 Å². The Morgan fingerprint density at radius 2 is 1.92 bits per heavy atom. The summed E-state index contributed by atoms with van der Waals surface area (Å²) in [6.45, 7) is 4.82. The molecule has 3 aromatic rings. The van der Waals surface area contributed by atoms with Crippen molar-refractivity contribution in [2.24, 2.45) is 0 Å². The number of hydrogen-bond donors (Lipinski definition) is 2. The first-order chi connectivity index (χ1) is 12.1. The van der Waals surface area contributed by atoms with Gasteiger partial charge in [-0.05, 0) is 41.8 Å². The molecule has 25 heavy (non-hydrogen) atoms. The number of pyridine rings is 1. The third kappa shape index (κ3) is 4.47. The van der Waals surface area contributed by atoms with Gasteiger partial charge in [0.2, 0.25) is 0 Å². The highest BCUT2D eigenvalue weighted by Gasteiger charge is 2.08. The molecule has 0 spiro atoms. The number of nitrogens with one attached hydrogen (secondary N) is 2. The summed E-state index contributed by atoms with van der Waals surface area (Å²) in [6, 6.07) is 13.4. The van der Waals surface area contributed by atoms with Crippen molar-refractivity contribution in [1.82, 2.24) is 4.98 Å². The zero-order valence-electron chi connectivity index (χ0n) is 14.3. The average molecular weight is 335 g/mol. The molecule has 0 radical (unpaired) electrons. The maximum atomic E-state index is 12.4. The number of carbonyl (C=O) groups excluding carboxylic acids is 1. The van der Waals surface area contributed by atoms with Crippen molar-refractivity contribution in [3.8, 4) is 0 Å². The van der Waals surface area contributed by atoms with Crippen molar-refractivity contribution < 1.29 is 9.21 Å². The van der Waals surface area contributed by atoms with Crippen LogP contribution in [-0.2, 0) is 6.54 Å². The van der Waals surface area contributed by atoms with Gasteiger partial charge in [0.15, 0.2) is 0 Å². The number of hydrogen-bond acceptors (Lipinski definition) is 4. The van der Waals surface area contributed by atoms with Gasteiger partial charge in [0, 0.05) is 18.1 Å². The highest BCUT2D eigenvalue weighted by Crippen LogP contribution is 2.18. The lowest BCUT2D eigenvalue weighted by Gasteiger charge is -2.09. The van der Waals surface area contributed by atoms with E-state index in [0.29, 0.717) is 18.0 Å². The molecule has 2 aromatic heterocycles. The van der Waals surface area contributed by atoms with Crippen LogP contribution in [0.2, 0.25) is 0 Å². The van der Waals surface area contributed by atoms with Crippen molar-refractivity contribution >= 4 is 17.3 Å². The van der Waals surface area contributed by atoms with Crippen LogP contribution in [0.15, 0.2) is 65.5 Å². The first-order valence-electron chi connectivity index (χ1n) is 8.24. The summed E-state index contributed by atoms with van der Waals surface area (Å²) in [7, 11) is 0. The van der Waals surface area contributed by atoms with Gasteiger partial charge in [0.05, 0.1) is 24.1 Å². The van der Waals surface area contributed by atoms with E-state index in [0.717, 1.165) is 17.1 Å². The molecular weight excluding hydrogens is 314 g/mol. The Hall–Kier alpha value is -3.08. The van der Waals surface area contributed by atoms with E-state index in [-0.39, 0.29) is 5.91 Å². The van der Waals surface area contributed by atoms with Crippen molar-refractivity contribution in [2.75, 3.05) is 10.6 Å². The van der Waals surface area contributed by atoms with Crippen LogP contribution in [-0.4, -0.2) is 10.9 Å². The smallest absolute Gasteiger partial charge is 0.257 e. The molecule has 5 heteroatoms. The number of amides is 1. The molecular formula is C20H21N3O2. The zero-order chi connectivity index (χ0) is 17.6. The van der Waals surface area contributed by atoms with E-state index >= 15 is 0 Å². The number of aromatic nitrogens is 1. The Balaban J connectivity index is 1.64. The molecule has 0 saturated heterocycles. The van der Waals surface area contributed by atoms with Gasteiger partial charge >= 0.3 is 0 Å². The van der Waals surface area contributed by atoms with Gasteiger partial charge < -0.3 is 15.1 Å². The standard InChI is InChI=1S/C20H21N3O2/c1-14(2)15-5-7-17(8-6-15)23-20(24)16-10-18(12-21-11-16)22-13-19-4-3-9-25-19/h3-12,14,22H,13H2,1-2H3,(H,23,24). The molecule has 0 aliphatic heterocycles. The zero-order valence-corrected chi connectivity index (χ0v) is 14.3. The van der Waals surface area contributed by atoms with Gasteiger partial charge in [-0.1, -0.05) is 26.0 Å². The number of rotatable bonds is 6. The molecule has 1 aromatic carbocycles. The Morgan fingerprint density at radius 1 is 1.12 bits per heavy atom. The van der Waals surface area contributed by atoms with Crippen LogP contribution in [0.3, 0.4) is 0 Å². The second-order valence-electron chi connectivity index (χ2n) is 6.13. The fraction of sp³-hybridized carbons (Fsp3) is 0.200. The van der Waals surface area contributed by atoms with E-state index in [1.165, 1.54) is 5.56 Å². The molecule has 0 saturated carbocycles. The monoisotopic (exact) mass is 335 g/mol. The summed E-state index contributed by atoms with van der Waals surface area (Å²) >= 11 is 0. The molecule has 2 N–H and O–H groups in total. The topological polar surface area (TPSA) is 67.2 Å². The number of carbonyl (C=O) groups is 1. The van der Waals surface area contributed by atoms with Crippen molar-refractivity contribution in [3.63, 3.8) is 0 Å². The van der Waals surface area contributed by atoms with E-state index in [1.807, 2.05) is 36.4 Å². The summed E-state index contributed by atoms with van der Waals surface area (Å²) in [5.74, 6) is 1.09. The summed E-state index contributed by atoms with van der Waals surface area (Å²) < 4.78 is 5.28. The summed E-state index contributed by atoms with van der Waals surface area (Å²) in [6.07, 6.45) is 4.86. The highest BCUT2D eigenvalue weighted by molar-refractivity contribution is 6.04. The molecule has 2 heterocycles. The Kier molecular flexibility index (Phi) is 5.14. The lowest BCUT2D eigenvalue weighted by molar-refractivity contribution is 0.102. The molecule has 0 bridgehead atoms. The minimum atomic E-state index is -0.188. The van der Waals surface area contributed by atoms with E-state index in [4.69, 9.17) is 4.42 Å². The van der Waals surface area contributed by atoms with Gasteiger partial charge in [-0.25, -0.2) is 0 Å². The first kappa shape index (κ1) is 16.8. The predicted octanol–water partition coefficient (Wildman–Crippen LogP) is 4.66. The fourth-order valence-corrected chi connectivity index (χ4v) is 2.42. The maximum Gasteiger partial charge on any atom is 0.257 e. The van der Waals surface area contributed by atoms with Crippen LogP contribution in [0, 0.1) is 0 Å². The Labute approximate surface area is 147 Å². The number of anilines is 2. The minimum absolute atomic E-state index is 0.188. The molecule has 0 aliphatic carbocycles. The van der Waals surface area contributed by atoms with Gasteiger partial charge in [0.25, 0.3) is 5.91 Å². The van der Waals surface area contributed by atoms with Crippen molar-refractivity contribution in [2.45, 2.75) is 26.3 Å². The third-order valence-corrected chi connectivity index (χ3v) is 3.88. The van der Waals surface area contributed by atoms with Crippen LogP contribution in [0.1, 0.15) is 41.4 Å². The van der Waals surface area contributed by atoms with Crippen LogP contribution >= 0.6 is 0 Å². The lowest BCUT2D eigenvalue weighted by Crippen LogP contribution is -2.12. The molecule has 5 nitrogen and oxygen atoms in total.